The summed E-state index contributed by atoms with van der Waals surface area (Å²) in [6.45, 7) is 5.58. The van der Waals surface area contributed by atoms with Gasteiger partial charge in [-0.15, -0.1) is 0 Å². The summed E-state index contributed by atoms with van der Waals surface area (Å²) in [5.74, 6) is 5.87. The van der Waals surface area contributed by atoms with E-state index < -0.39 is 0 Å². The number of ether oxygens (including phenoxy) is 1. The number of para-hydroxylation sites is 1. The lowest BCUT2D eigenvalue weighted by Gasteiger charge is -2.22. The number of hydrogen-bond acceptors (Lipinski definition) is 4. The van der Waals surface area contributed by atoms with E-state index in [-0.39, 0.29) is 17.9 Å². The summed E-state index contributed by atoms with van der Waals surface area (Å²) in [6, 6.07) is 12.3. The topological polar surface area (TPSA) is 84.7 Å². The molecule has 0 spiro atoms. The van der Waals surface area contributed by atoms with Crippen molar-refractivity contribution in [2.24, 2.45) is 5.84 Å². The van der Waals surface area contributed by atoms with Gasteiger partial charge in [0, 0.05) is 12.1 Å². The van der Waals surface area contributed by atoms with Crippen molar-refractivity contribution in [1.82, 2.24) is 5.01 Å². The second kappa shape index (κ2) is 9.00. The van der Waals surface area contributed by atoms with Crippen LogP contribution in [-0.2, 0) is 4.79 Å². The van der Waals surface area contributed by atoms with Crippen molar-refractivity contribution in [3.05, 3.63) is 65.2 Å². The normalized spacial score (nSPS) is 10.9. The number of methoxy groups -OCH3 is 1. The molecular weight excluding hydrogens is 342 g/mol. The molecule has 0 bridgehead atoms. The van der Waals surface area contributed by atoms with Gasteiger partial charge in [-0.25, -0.2) is 5.84 Å². The van der Waals surface area contributed by atoms with Crippen LogP contribution in [-0.4, -0.2) is 30.0 Å². The molecular formula is C21H25N3O3. The molecule has 27 heavy (non-hydrogen) atoms. The number of hydrogen-bond donors (Lipinski definition) is 2. The molecule has 2 amide bonds. The minimum Gasteiger partial charge on any atom is -0.496 e. The first-order chi connectivity index (χ1) is 12.8. The zero-order valence-electron chi connectivity index (χ0n) is 16.0. The fourth-order valence-corrected chi connectivity index (χ4v) is 2.44. The van der Waals surface area contributed by atoms with Gasteiger partial charge in [0.15, 0.2) is 0 Å². The minimum atomic E-state index is -0.354. The molecule has 0 unspecified atom stereocenters. The predicted molar refractivity (Wildman–Crippen MR) is 107 cm³/mol. The highest BCUT2D eigenvalue weighted by molar-refractivity contribution is 6.07. The Morgan fingerprint density at radius 1 is 1.19 bits per heavy atom. The molecule has 0 aliphatic rings. The highest BCUT2D eigenvalue weighted by atomic mass is 16.5. The molecule has 142 valence electrons. The number of carbonyl (C=O) groups excluding carboxylic acids is 2. The molecule has 3 N–H and O–H groups in total. The van der Waals surface area contributed by atoms with Crippen LogP contribution in [0.15, 0.2) is 48.5 Å². The zero-order chi connectivity index (χ0) is 20.0. The van der Waals surface area contributed by atoms with E-state index in [4.69, 9.17) is 10.6 Å². The van der Waals surface area contributed by atoms with Crippen molar-refractivity contribution >= 4 is 23.6 Å². The Kier molecular flexibility index (Phi) is 6.73. The van der Waals surface area contributed by atoms with Crippen LogP contribution in [0, 0.1) is 6.92 Å². The fraction of sp³-hybridized carbons (Fsp3) is 0.238. The van der Waals surface area contributed by atoms with E-state index in [9.17, 15) is 9.59 Å². The van der Waals surface area contributed by atoms with Crippen LogP contribution in [0.3, 0.4) is 0 Å². The predicted octanol–water partition coefficient (Wildman–Crippen LogP) is 3.38. The lowest BCUT2D eigenvalue weighted by atomic mass is 10.1. The smallest absolute Gasteiger partial charge is 0.270 e. The van der Waals surface area contributed by atoms with Crippen molar-refractivity contribution in [3.8, 4) is 5.75 Å². The molecule has 2 aromatic carbocycles. The van der Waals surface area contributed by atoms with Crippen LogP contribution in [0.5, 0.6) is 5.75 Å². The average molecular weight is 367 g/mol. The number of rotatable bonds is 6. The Balaban J connectivity index is 2.16. The summed E-state index contributed by atoms with van der Waals surface area (Å²) in [6.07, 6.45) is 3.10. The second-order valence-corrected chi connectivity index (χ2v) is 6.40. The van der Waals surface area contributed by atoms with Crippen LogP contribution in [0.25, 0.3) is 6.08 Å². The van der Waals surface area contributed by atoms with E-state index >= 15 is 0 Å². The first-order valence-electron chi connectivity index (χ1n) is 8.64. The maximum atomic E-state index is 12.5. The Hall–Kier alpha value is -3.12. The number of carbonyl (C=O) groups is 2. The third-order valence-electron chi connectivity index (χ3n) is 4.07. The summed E-state index contributed by atoms with van der Waals surface area (Å²) < 4.78 is 5.28. The van der Waals surface area contributed by atoms with Gasteiger partial charge < -0.3 is 10.1 Å². The number of amides is 2. The number of aryl methyl sites for hydroxylation is 1. The van der Waals surface area contributed by atoms with Crippen LogP contribution in [0.1, 0.15) is 35.3 Å². The maximum absolute atomic E-state index is 12.5. The summed E-state index contributed by atoms with van der Waals surface area (Å²) in [5.41, 5.74) is 2.61. The molecule has 2 aromatic rings. The van der Waals surface area contributed by atoms with Gasteiger partial charge in [0.25, 0.3) is 5.91 Å². The van der Waals surface area contributed by atoms with Gasteiger partial charge in [0.2, 0.25) is 5.91 Å². The van der Waals surface area contributed by atoms with Crippen LogP contribution < -0.4 is 15.9 Å². The number of anilines is 1. The highest BCUT2D eigenvalue weighted by Gasteiger charge is 2.18. The minimum absolute atomic E-state index is 0.155. The molecule has 6 heteroatoms. The van der Waals surface area contributed by atoms with E-state index in [1.54, 1.807) is 37.5 Å². The van der Waals surface area contributed by atoms with Crippen LogP contribution in [0.2, 0.25) is 0 Å². The first-order valence-corrected chi connectivity index (χ1v) is 8.64. The van der Waals surface area contributed by atoms with Gasteiger partial charge in [-0.05, 0) is 56.2 Å². The van der Waals surface area contributed by atoms with Crippen molar-refractivity contribution < 1.29 is 14.3 Å². The Bertz CT molecular complexity index is 860. The molecule has 0 aliphatic carbocycles. The molecule has 0 aliphatic heterocycles. The lowest BCUT2D eigenvalue weighted by Crippen LogP contribution is -2.42. The van der Waals surface area contributed by atoms with Crippen molar-refractivity contribution in [1.29, 1.82) is 0 Å². The Labute approximate surface area is 159 Å². The average Bonchev–Trinajstić information content (AvgIpc) is 2.66. The van der Waals surface area contributed by atoms with E-state index in [0.717, 1.165) is 21.9 Å². The first kappa shape index (κ1) is 20.2. The monoisotopic (exact) mass is 367 g/mol. The standard InChI is InChI=1S/C21H25N3O3/c1-14(2)24(22)21(26)17-7-5-6-8-18(17)23-20(25)12-11-16-10-9-15(3)19(13-16)27-4/h5-14H,22H2,1-4H3,(H,23,25)/b12-11+. The van der Waals surface area contributed by atoms with E-state index in [0.29, 0.717) is 11.3 Å². The number of nitrogens with zero attached hydrogens (tertiary/aromatic N) is 1. The number of nitrogens with two attached hydrogens (primary N) is 1. The van der Waals surface area contributed by atoms with Gasteiger partial charge in [0.1, 0.15) is 5.75 Å². The molecule has 0 radical (unpaired) electrons. The van der Waals surface area contributed by atoms with Crippen molar-refractivity contribution in [2.45, 2.75) is 26.8 Å². The van der Waals surface area contributed by atoms with Crippen molar-refractivity contribution in [3.63, 3.8) is 0 Å². The highest BCUT2D eigenvalue weighted by Crippen LogP contribution is 2.20. The van der Waals surface area contributed by atoms with Crippen LogP contribution in [0.4, 0.5) is 5.69 Å². The third-order valence-corrected chi connectivity index (χ3v) is 4.07. The van der Waals surface area contributed by atoms with E-state index in [1.807, 2.05) is 39.0 Å². The largest absolute Gasteiger partial charge is 0.496 e. The maximum Gasteiger partial charge on any atom is 0.270 e. The lowest BCUT2D eigenvalue weighted by molar-refractivity contribution is -0.111. The second-order valence-electron chi connectivity index (χ2n) is 6.40. The fourth-order valence-electron chi connectivity index (χ4n) is 2.44. The van der Waals surface area contributed by atoms with E-state index in [1.165, 1.54) is 6.08 Å². The molecule has 0 heterocycles. The van der Waals surface area contributed by atoms with Gasteiger partial charge in [-0.2, -0.15) is 0 Å². The molecule has 0 aromatic heterocycles. The van der Waals surface area contributed by atoms with Gasteiger partial charge in [0.05, 0.1) is 18.4 Å². The molecule has 0 saturated carbocycles. The van der Waals surface area contributed by atoms with Crippen LogP contribution >= 0.6 is 0 Å². The summed E-state index contributed by atoms with van der Waals surface area (Å²) in [5, 5.41) is 3.87. The molecule has 6 nitrogen and oxygen atoms in total. The number of hydrazine groups is 1. The summed E-state index contributed by atoms with van der Waals surface area (Å²) >= 11 is 0. The van der Waals surface area contributed by atoms with Gasteiger partial charge in [-0.1, -0.05) is 24.3 Å². The zero-order valence-corrected chi connectivity index (χ0v) is 16.0. The number of nitrogens with one attached hydrogen (secondary N) is 1. The van der Waals surface area contributed by atoms with E-state index in [2.05, 4.69) is 5.32 Å². The molecule has 2 rings (SSSR count). The molecule has 0 atom stereocenters. The third kappa shape index (κ3) is 5.18. The summed E-state index contributed by atoms with van der Waals surface area (Å²) in [7, 11) is 1.61. The Morgan fingerprint density at radius 3 is 2.56 bits per heavy atom. The molecule has 0 fully saturated rings. The Morgan fingerprint density at radius 2 is 1.89 bits per heavy atom. The quantitative estimate of drug-likeness (QED) is 0.355. The van der Waals surface area contributed by atoms with Gasteiger partial charge >= 0.3 is 0 Å². The van der Waals surface area contributed by atoms with Crippen molar-refractivity contribution in [2.75, 3.05) is 12.4 Å². The SMILES string of the molecule is COc1cc(/C=C/C(=O)Nc2ccccc2C(=O)N(N)C(C)C)ccc1C. The number of benzene rings is 2. The summed E-state index contributed by atoms with van der Waals surface area (Å²) in [4.78, 5) is 24.8. The molecule has 0 saturated heterocycles. The van der Waals surface area contributed by atoms with Gasteiger partial charge in [-0.3, -0.25) is 14.6 Å².